The van der Waals surface area contributed by atoms with Crippen LogP contribution in [-0.4, -0.2) is 14.3 Å². The summed E-state index contributed by atoms with van der Waals surface area (Å²) in [7, 11) is -4.24. The molecule has 6 nitrogen and oxygen atoms in total. The zero-order valence-corrected chi connectivity index (χ0v) is 18.7. The van der Waals surface area contributed by atoms with Crippen LogP contribution < -0.4 is 9.24 Å². The minimum Gasteiger partial charge on any atom is -0.414 e. The third-order valence-corrected chi connectivity index (χ3v) is 7.54. The van der Waals surface area contributed by atoms with E-state index in [9.17, 15) is 18.0 Å². The van der Waals surface area contributed by atoms with E-state index < -0.39 is 20.9 Å². The largest absolute Gasteiger partial charge is 0.414 e. The number of hydrogen-bond donors (Lipinski definition) is 0. The molecule has 3 aromatic carbocycles. The fourth-order valence-electron chi connectivity index (χ4n) is 3.35. The van der Waals surface area contributed by atoms with Crippen molar-refractivity contribution in [3.05, 3.63) is 92.7 Å². The topological polar surface area (TPSA) is 84.7 Å². The van der Waals surface area contributed by atoms with E-state index in [1.807, 2.05) is 13.8 Å². The van der Waals surface area contributed by atoms with Crippen LogP contribution in [0.1, 0.15) is 27.0 Å². The molecule has 0 aliphatic heterocycles. The summed E-state index contributed by atoms with van der Waals surface area (Å²) in [5.74, 6) is -0.685. The number of sulfonamides is 1. The molecule has 0 radical (unpaired) electrons. The van der Waals surface area contributed by atoms with Gasteiger partial charge in [0.1, 0.15) is 5.58 Å². The molecule has 8 heteroatoms. The van der Waals surface area contributed by atoms with Crippen molar-refractivity contribution in [2.75, 3.05) is 4.31 Å². The summed E-state index contributed by atoms with van der Waals surface area (Å²) < 4.78 is 33.7. The lowest BCUT2D eigenvalue weighted by Gasteiger charge is -2.24. The van der Waals surface area contributed by atoms with E-state index in [2.05, 4.69) is 0 Å². The number of anilines is 1. The molecule has 0 saturated carbocycles. The molecule has 0 fully saturated rings. The molecule has 158 valence electrons. The Balaban J connectivity index is 1.94. The number of fused-ring (bicyclic) bond motifs is 1. The molecule has 4 rings (SSSR count). The molecule has 4 aromatic rings. The zero-order valence-electron chi connectivity index (χ0n) is 17.1. The molecule has 0 unspecified atom stereocenters. The minimum absolute atomic E-state index is 0.0408. The van der Waals surface area contributed by atoms with Gasteiger partial charge >= 0.3 is 4.94 Å². The molecular weight excluding hydrogens is 434 g/mol. The molecule has 0 atom stereocenters. The van der Waals surface area contributed by atoms with Crippen molar-refractivity contribution in [2.45, 2.75) is 25.7 Å². The van der Waals surface area contributed by atoms with Crippen LogP contribution >= 0.6 is 11.3 Å². The van der Waals surface area contributed by atoms with E-state index in [0.717, 1.165) is 26.8 Å². The number of rotatable bonds is 4. The van der Waals surface area contributed by atoms with Gasteiger partial charge in [0.2, 0.25) is 0 Å². The van der Waals surface area contributed by atoms with E-state index in [1.54, 1.807) is 43.3 Å². The number of nitrogens with zero attached hydrogens (tertiary/aromatic N) is 1. The summed E-state index contributed by atoms with van der Waals surface area (Å²) >= 11 is 0.850. The highest BCUT2D eigenvalue weighted by Crippen LogP contribution is 2.31. The molecule has 0 spiro atoms. The summed E-state index contributed by atoms with van der Waals surface area (Å²) in [5, 5.41) is 0. The van der Waals surface area contributed by atoms with Crippen molar-refractivity contribution >= 4 is 43.2 Å². The van der Waals surface area contributed by atoms with Crippen molar-refractivity contribution in [3.8, 4) is 0 Å². The third-order valence-electron chi connectivity index (χ3n) is 4.88. The Morgan fingerprint density at radius 2 is 1.58 bits per heavy atom. The highest BCUT2D eigenvalue weighted by atomic mass is 32.2. The maximum Gasteiger partial charge on any atom is 0.396 e. The van der Waals surface area contributed by atoms with Crippen LogP contribution in [0, 0.1) is 20.8 Å². The van der Waals surface area contributed by atoms with E-state index in [-0.39, 0.29) is 16.1 Å². The summed E-state index contributed by atoms with van der Waals surface area (Å²) in [6.45, 7) is 5.44. The maximum absolute atomic E-state index is 13.7. The second-order valence-electron chi connectivity index (χ2n) is 7.29. The number of aryl methyl sites for hydroxylation is 3. The second-order valence-corrected chi connectivity index (χ2v) is 10.0. The van der Waals surface area contributed by atoms with Gasteiger partial charge in [-0.2, -0.15) is 4.31 Å². The zero-order chi connectivity index (χ0) is 22.3. The van der Waals surface area contributed by atoms with E-state index in [0.29, 0.717) is 15.8 Å². The fourth-order valence-corrected chi connectivity index (χ4v) is 5.67. The molecule has 1 aromatic heterocycles. The van der Waals surface area contributed by atoms with Gasteiger partial charge in [-0.1, -0.05) is 46.7 Å². The van der Waals surface area contributed by atoms with Crippen LogP contribution in [0.25, 0.3) is 10.3 Å². The smallest absolute Gasteiger partial charge is 0.396 e. The van der Waals surface area contributed by atoms with E-state index >= 15 is 0 Å². The number of carbonyl (C=O) groups is 1. The van der Waals surface area contributed by atoms with Crippen molar-refractivity contribution in [1.29, 1.82) is 0 Å². The molecular formula is C23H19NO5S2. The maximum atomic E-state index is 13.7. The lowest BCUT2D eigenvalue weighted by Crippen LogP contribution is -2.37. The normalized spacial score (nSPS) is 11.6. The first-order valence-corrected chi connectivity index (χ1v) is 11.7. The third kappa shape index (κ3) is 3.92. The Kier molecular flexibility index (Phi) is 5.28. The SMILES string of the molecule is Cc1ccc(C(=O)N(c2ccc3oc(=O)sc3c2)S(=O)(=O)c2ccc(C)cc2C)cc1. The van der Waals surface area contributed by atoms with Gasteiger partial charge in [0, 0.05) is 5.56 Å². The fraction of sp³-hybridized carbons (Fsp3) is 0.130. The van der Waals surface area contributed by atoms with Crippen LogP contribution in [0.4, 0.5) is 5.69 Å². The lowest BCUT2D eigenvalue weighted by molar-refractivity contribution is 0.101. The highest BCUT2D eigenvalue weighted by Gasteiger charge is 2.33. The van der Waals surface area contributed by atoms with Crippen LogP contribution in [0.15, 0.2) is 74.8 Å². The molecule has 0 aliphatic rings. The quantitative estimate of drug-likeness (QED) is 0.442. The Morgan fingerprint density at radius 3 is 2.26 bits per heavy atom. The average Bonchev–Trinajstić information content (AvgIpc) is 3.07. The van der Waals surface area contributed by atoms with Crippen LogP contribution in [0.2, 0.25) is 0 Å². The number of carbonyl (C=O) groups excluding carboxylic acids is 1. The van der Waals surface area contributed by atoms with Gasteiger partial charge in [0.15, 0.2) is 0 Å². The molecule has 0 N–H and O–H groups in total. The molecule has 0 bridgehead atoms. The first-order chi connectivity index (χ1) is 14.7. The molecule has 31 heavy (non-hydrogen) atoms. The van der Waals surface area contributed by atoms with Gasteiger partial charge in [-0.25, -0.2) is 13.2 Å². The minimum atomic E-state index is -4.24. The molecule has 0 saturated heterocycles. The van der Waals surface area contributed by atoms with Crippen molar-refractivity contribution in [2.24, 2.45) is 0 Å². The second kappa shape index (κ2) is 7.79. The number of amides is 1. The van der Waals surface area contributed by atoms with E-state index in [4.69, 9.17) is 4.42 Å². The highest BCUT2D eigenvalue weighted by molar-refractivity contribution is 7.93. The Morgan fingerprint density at radius 1 is 0.903 bits per heavy atom. The summed E-state index contributed by atoms with van der Waals surface area (Å²) in [5.41, 5.74) is 3.11. The van der Waals surface area contributed by atoms with Gasteiger partial charge in [-0.05, 0) is 62.7 Å². The Bertz CT molecular complexity index is 1460. The summed E-state index contributed by atoms with van der Waals surface area (Å²) in [4.78, 5) is 24.6. The molecule has 0 aliphatic carbocycles. The number of hydrogen-bond acceptors (Lipinski definition) is 6. The van der Waals surface area contributed by atoms with Crippen molar-refractivity contribution in [1.82, 2.24) is 0 Å². The van der Waals surface area contributed by atoms with Crippen molar-refractivity contribution in [3.63, 3.8) is 0 Å². The van der Waals surface area contributed by atoms with Gasteiger partial charge in [-0.3, -0.25) is 4.79 Å². The first kappa shape index (κ1) is 21.0. The van der Waals surface area contributed by atoms with Gasteiger partial charge in [0.05, 0.1) is 15.3 Å². The molecule has 1 amide bonds. The first-order valence-electron chi connectivity index (χ1n) is 9.44. The van der Waals surface area contributed by atoms with Crippen molar-refractivity contribution < 1.29 is 17.6 Å². The summed E-state index contributed by atoms with van der Waals surface area (Å²) in [6, 6.07) is 16.1. The van der Waals surface area contributed by atoms with E-state index in [1.165, 1.54) is 24.3 Å². The van der Waals surface area contributed by atoms with Gasteiger partial charge in [0.25, 0.3) is 15.9 Å². The monoisotopic (exact) mass is 453 g/mol. The number of benzene rings is 3. The molecule has 1 heterocycles. The van der Waals surface area contributed by atoms with Crippen LogP contribution in [0.5, 0.6) is 0 Å². The van der Waals surface area contributed by atoms with Crippen LogP contribution in [0.3, 0.4) is 0 Å². The predicted octanol–water partition coefficient (Wildman–Crippen LogP) is 4.82. The standard InChI is InChI=1S/C23H19NO5S2/c1-14-4-7-17(8-5-14)22(25)24(18-9-10-19-20(13-18)30-23(26)29-19)31(27,28)21-11-6-15(2)12-16(21)3/h4-13H,1-3H3. The van der Waals surface area contributed by atoms with Gasteiger partial charge in [-0.15, -0.1) is 0 Å². The predicted molar refractivity (Wildman–Crippen MR) is 121 cm³/mol. The Labute approximate surface area is 183 Å². The average molecular weight is 454 g/mol. The van der Waals surface area contributed by atoms with Crippen LogP contribution in [-0.2, 0) is 10.0 Å². The summed E-state index contributed by atoms with van der Waals surface area (Å²) in [6.07, 6.45) is 0. The Hall–Kier alpha value is -3.23. The lowest BCUT2D eigenvalue weighted by atomic mass is 10.1. The van der Waals surface area contributed by atoms with Gasteiger partial charge < -0.3 is 4.42 Å².